The fourth-order valence-electron chi connectivity index (χ4n) is 3.16. The van der Waals surface area contributed by atoms with Crippen LogP contribution in [0.4, 0.5) is 5.69 Å². The van der Waals surface area contributed by atoms with Gasteiger partial charge in [-0.25, -0.2) is 4.98 Å². The number of aromatic nitrogens is 2. The van der Waals surface area contributed by atoms with Gasteiger partial charge in [0.25, 0.3) is 0 Å². The first-order valence-corrected chi connectivity index (χ1v) is 8.30. The summed E-state index contributed by atoms with van der Waals surface area (Å²) in [6, 6.07) is 13.1. The molecule has 0 saturated heterocycles. The normalized spacial score (nSPS) is 16.3. The van der Waals surface area contributed by atoms with Crippen LogP contribution in [-0.4, -0.2) is 21.2 Å². The highest BCUT2D eigenvalue weighted by Crippen LogP contribution is 2.29. The maximum absolute atomic E-state index is 12.3. The average Bonchev–Trinajstić information content (AvgIpc) is 3.03. The molecule has 1 aliphatic heterocycles. The number of benzene rings is 1. The molecule has 6 nitrogen and oxygen atoms in total. The van der Waals surface area contributed by atoms with Crippen LogP contribution < -0.4 is 10.6 Å². The molecular weight excluding hydrogens is 316 g/mol. The summed E-state index contributed by atoms with van der Waals surface area (Å²) in [5, 5.41) is 5.81. The maximum Gasteiger partial charge on any atom is 0.226 e. The zero-order chi connectivity index (χ0) is 17.2. The molecule has 2 amide bonds. The summed E-state index contributed by atoms with van der Waals surface area (Å²) in [4.78, 5) is 28.7. The monoisotopic (exact) mass is 334 g/mol. The van der Waals surface area contributed by atoms with E-state index in [-0.39, 0.29) is 24.3 Å². The van der Waals surface area contributed by atoms with Crippen molar-refractivity contribution in [3.8, 4) is 0 Å². The fraction of sp³-hybridized carbons (Fsp3) is 0.211. The number of carbonyl (C=O) groups excluding carboxylic acids is 2. The lowest BCUT2D eigenvalue weighted by Crippen LogP contribution is -2.35. The van der Waals surface area contributed by atoms with E-state index in [1.54, 1.807) is 0 Å². The maximum atomic E-state index is 12.3. The third-order valence-electron chi connectivity index (χ3n) is 4.36. The average molecular weight is 334 g/mol. The first-order chi connectivity index (χ1) is 12.2. The molecule has 0 unspecified atom stereocenters. The Morgan fingerprint density at radius 2 is 2.08 bits per heavy atom. The van der Waals surface area contributed by atoms with Gasteiger partial charge in [0.15, 0.2) is 0 Å². The first kappa shape index (κ1) is 15.4. The largest absolute Gasteiger partial charge is 0.349 e. The molecule has 0 bridgehead atoms. The van der Waals surface area contributed by atoms with E-state index in [0.717, 1.165) is 22.6 Å². The van der Waals surface area contributed by atoms with E-state index in [0.29, 0.717) is 12.8 Å². The van der Waals surface area contributed by atoms with Crippen molar-refractivity contribution in [3.63, 3.8) is 0 Å². The predicted molar refractivity (Wildman–Crippen MR) is 94.1 cm³/mol. The van der Waals surface area contributed by atoms with Crippen LogP contribution in [0.3, 0.4) is 0 Å². The van der Waals surface area contributed by atoms with Gasteiger partial charge in [0.2, 0.25) is 11.8 Å². The van der Waals surface area contributed by atoms with E-state index >= 15 is 0 Å². The van der Waals surface area contributed by atoms with Gasteiger partial charge in [-0.2, -0.15) is 0 Å². The van der Waals surface area contributed by atoms with Crippen LogP contribution in [0.2, 0.25) is 0 Å². The minimum Gasteiger partial charge on any atom is -0.349 e. The molecule has 1 atom stereocenters. The van der Waals surface area contributed by atoms with Crippen molar-refractivity contribution in [1.82, 2.24) is 14.7 Å². The van der Waals surface area contributed by atoms with Crippen LogP contribution in [0, 0.1) is 0 Å². The van der Waals surface area contributed by atoms with Crippen LogP contribution in [0.15, 0.2) is 54.9 Å². The lowest BCUT2D eigenvalue weighted by atomic mass is 9.97. The predicted octanol–water partition coefficient (Wildman–Crippen LogP) is 2.47. The van der Waals surface area contributed by atoms with Gasteiger partial charge in [0.05, 0.1) is 18.2 Å². The van der Waals surface area contributed by atoms with E-state index in [1.165, 1.54) is 0 Å². The molecule has 25 heavy (non-hydrogen) atoms. The summed E-state index contributed by atoms with van der Waals surface area (Å²) in [7, 11) is 0. The standard InChI is InChI=1S/C19H18N4O2/c24-18(9-8-13-12-23-10-4-3-7-17(23)20-13)22-16-11-19(25)21-15-6-2-1-5-14(15)16/h1-7,10,12,16H,8-9,11H2,(H,21,25)(H,22,24)/t16-/m0/s1. The molecule has 2 N–H and O–H groups in total. The Bertz CT molecular complexity index is 914. The Labute approximate surface area is 144 Å². The molecule has 0 fully saturated rings. The topological polar surface area (TPSA) is 75.5 Å². The Kier molecular flexibility index (Phi) is 3.93. The lowest BCUT2D eigenvalue weighted by molar-refractivity contribution is -0.122. The summed E-state index contributed by atoms with van der Waals surface area (Å²) >= 11 is 0. The molecular formula is C19H18N4O2. The second-order valence-electron chi connectivity index (χ2n) is 6.16. The van der Waals surface area contributed by atoms with Gasteiger partial charge in [-0.1, -0.05) is 24.3 Å². The number of para-hydroxylation sites is 1. The number of amides is 2. The number of carbonyl (C=O) groups is 2. The molecule has 6 heteroatoms. The van der Waals surface area contributed by atoms with Gasteiger partial charge < -0.3 is 15.0 Å². The zero-order valence-electron chi connectivity index (χ0n) is 13.6. The number of pyridine rings is 1. The van der Waals surface area contributed by atoms with Gasteiger partial charge >= 0.3 is 0 Å². The number of fused-ring (bicyclic) bond motifs is 2. The molecule has 126 valence electrons. The molecule has 4 rings (SSSR count). The smallest absolute Gasteiger partial charge is 0.226 e. The first-order valence-electron chi connectivity index (χ1n) is 8.30. The Morgan fingerprint density at radius 3 is 2.96 bits per heavy atom. The summed E-state index contributed by atoms with van der Waals surface area (Å²) < 4.78 is 1.94. The molecule has 3 aromatic rings. The number of nitrogens with zero attached hydrogens (tertiary/aromatic N) is 2. The van der Waals surface area contributed by atoms with Crippen LogP contribution in [-0.2, 0) is 16.0 Å². The van der Waals surface area contributed by atoms with Crippen molar-refractivity contribution in [2.45, 2.75) is 25.3 Å². The highest BCUT2D eigenvalue weighted by molar-refractivity contribution is 5.95. The number of hydrogen-bond donors (Lipinski definition) is 2. The van der Waals surface area contributed by atoms with Crippen molar-refractivity contribution in [2.24, 2.45) is 0 Å². The third kappa shape index (κ3) is 3.24. The molecule has 0 radical (unpaired) electrons. The van der Waals surface area contributed by atoms with E-state index in [4.69, 9.17) is 0 Å². The highest BCUT2D eigenvalue weighted by Gasteiger charge is 2.25. The van der Waals surface area contributed by atoms with Crippen molar-refractivity contribution < 1.29 is 9.59 Å². The number of hydrogen-bond acceptors (Lipinski definition) is 3. The zero-order valence-corrected chi connectivity index (χ0v) is 13.6. The molecule has 1 aromatic carbocycles. The molecule has 0 saturated carbocycles. The Balaban J connectivity index is 1.41. The summed E-state index contributed by atoms with van der Waals surface area (Å²) in [6.07, 6.45) is 5.03. The van der Waals surface area contributed by atoms with Crippen LogP contribution >= 0.6 is 0 Å². The van der Waals surface area contributed by atoms with Gasteiger partial charge in [-0.3, -0.25) is 9.59 Å². The number of aryl methyl sites for hydroxylation is 1. The van der Waals surface area contributed by atoms with Crippen molar-refractivity contribution >= 4 is 23.1 Å². The molecule has 0 spiro atoms. The number of anilines is 1. The summed E-state index contributed by atoms with van der Waals surface area (Å²) in [5.41, 5.74) is 3.46. The van der Waals surface area contributed by atoms with E-state index < -0.39 is 0 Å². The van der Waals surface area contributed by atoms with Crippen molar-refractivity contribution in [1.29, 1.82) is 0 Å². The highest BCUT2D eigenvalue weighted by atomic mass is 16.2. The molecule has 1 aliphatic rings. The number of imidazole rings is 1. The fourth-order valence-corrected chi connectivity index (χ4v) is 3.16. The summed E-state index contributed by atoms with van der Waals surface area (Å²) in [6.45, 7) is 0. The van der Waals surface area contributed by atoms with E-state index in [2.05, 4.69) is 15.6 Å². The van der Waals surface area contributed by atoms with Crippen molar-refractivity contribution in [3.05, 3.63) is 66.1 Å². The van der Waals surface area contributed by atoms with Crippen molar-refractivity contribution in [2.75, 3.05) is 5.32 Å². The Hall–Kier alpha value is -3.15. The number of nitrogens with one attached hydrogen (secondary N) is 2. The van der Waals surface area contributed by atoms with Gasteiger partial charge in [-0.15, -0.1) is 0 Å². The van der Waals surface area contributed by atoms with Gasteiger partial charge in [-0.05, 0) is 30.2 Å². The van der Waals surface area contributed by atoms with E-state index in [1.807, 2.05) is 59.3 Å². The molecule has 3 heterocycles. The van der Waals surface area contributed by atoms with Crippen LogP contribution in [0.1, 0.15) is 30.1 Å². The van der Waals surface area contributed by atoms with Gasteiger partial charge in [0.1, 0.15) is 5.65 Å². The minimum absolute atomic E-state index is 0.0773. The van der Waals surface area contributed by atoms with Crippen LogP contribution in [0.5, 0.6) is 0 Å². The SMILES string of the molecule is O=C1C[C@H](NC(=O)CCc2cn3ccccc3n2)c2ccccc2N1. The summed E-state index contributed by atoms with van der Waals surface area (Å²) in [5.74, 6) is -0.157. The van der Waals surface area contributed by atoms with Crippen LogP contribution in [0.25, 0.3) is 5.65 Å². The lowest BCUT2D eigenvalue weighted by Gasteiger charge is -2.26. The molecule has 2 aromatic heterocycles. The Morgan fingerprint density at radius 1 is 1.24 bits per heavy atom. The second-order valence-corrected chi connectivity index (χ2v) is 6.16. The molecule has 0 aliphatic carbocycles. The minimum atomic E-state index is -0.279. The van der Waals surface area contributed by atoms with Gasteiger partial charge in [0, 0.05) is 24.5 Å². The third-order valence-corrected chi connectivity index (χ3v) is 4.36. The second kappa shape index (κ2) is 6.39. The van der Waals surface area contributed by atoms with E-state index in [9.17, 15) is 9.59 Å². The number of rotatable bonds is 4. The quantitative estimate of drug-likeness (QED) is 0.769.